The van der Waals surface area contributed by atoms with Crippen LogP contribution in [-0.4, -0.2) is 54.2 Å². The molecular formula is C14H25NO3. The number of hydrogen-bond acceptors (Lipinski definition) is 4. The molecule has 2 unspecified atom stereocenters. The average Bonchev–Trinajstić information content (AvgIpc) is 2.42. The number of aliphatic hydroxyl groups excluding tert-OH is 1. The van der Waals surface area contributed by atoms with Gasteiger partial charge in [-0.2, -0.15) is 0 Å². The first-order chi connectivity index (χ1) is 8.70. The molecule has 104 valence electrons. The molecule has 0 aromatic carbocycles. The number of carbonyl (C=O) groups is 1. The van der Waals surface area contributed by atoms with E-state index in [0.29, 0.717) is 25.5 Å². The Bertz CT molecular complexity index is 276. The fourth-order valence-corrected chi connectivity index (χ4v) is 2.96. The van der Waals surface area contributed by atoms with E-state index in [1.165, 1.54) is 19.3 Å². The lowest BCUT2D eigenvalue weighted by molar-refractivity contribution is -0.130. The van der Waals surface area contributed by atoms with Crippen molar-refractivity contribution >= 4 is 5.78 Å². The van der Waals surface area contributed by atoms with Crippen molar-refractivity contribution in [2.75, 3.05) is 26.3 Å². The number of Topliss-reactive ketones (excluding diaryl/α,β-unsaturated/α-hetero) is 1. The molecule has 0 spiro atoms. The normalized spacial score (nSPS) is 31.4. The number of morpholine rings is 1. The Morgan fingerprint density at radius 2 is 2.06 bits per heavy atom. The number of aliphatic hydroxyl groups is 1. The third kappa shape index (κ3) is 3.53. The van der Waals surface area contributed by atoms with E-state index in [1.807, 2.05) is 0 Å². The Morgan fingerprint density at radius 1 is 1.33 bits per heavy atom. The molecule has 1 aliphatic carbocycles. The minimum Gasteiger partial charge on any atom is -0.394 e. The summed E-state index contributed by atoms with van der Waals surface area (Å²) in [5.41, 5.74) is 0. The van der Waals surface area contributed by atoms with Crippen LogP contribution in [0.25, 0.3) is 0 Å². The first kappa shape index (κ1) is 14.0. The highest BCUT2D eigenvalue weighted by molar-refractivity contribution is 5.83. The molecule has 2 aliphatic rings. The maximum atomic E-state index is 12.3. The van der Waals surface area contributed by atoms with Crippen molar-refractivity contribution in [2.45, 2.75) is 51.2 Å². The first-order valence-electron chi connectivity index (χ1n) is 7.20. The summed E-state index contributed by atoms with van der Waals surface area (Å²) in [5.74, 6) is 0.668. The molecule has 1 aliphatic heterocycles. The molecule has 0 radical (unpaired) electrons. The van der Waals surface area contributed by atoms with Crippen LogP contribution in [0.1, 0.15) is 39.0 Å². The highest BCUT2D eigenvalue weighted by Crippen LogP contribution is 2.25. The van der Waals surface area contributed by atoms with Gasteiger partial charge in [-0.1, -0.05) is 19.3 Å². The first-order valence-corrected chi connectivity index (χ1v) is 7.20. The number of rotatable bonds is 4. The second kappa shape index (κ2) is 6.64. The molecule has 0 bridgehead atoms. The molecule has 1 N–H and O–H groups in total. The van der Waals surface area contributed by atoms with E-state index >= 15 is 0 Å². The van der Waals surface area contributed by atoms with Gasteiger partial charge >= 0.3 is 0 Å². The van der Waals surface area contributed by atoms with Crippen molar-refractivity contribution in [2.24, 2.45) is 5.92 Å². The summed E-state index contributed by atoms with van der Waals surface area (Å²) < 4.78 is 5.49. The van der Waals surface area contributed by atoms with Gasteiger partial charge in [-0.25, -0.2) is 0 Å². The molecule has 2 fully saturated rings. The number of hydrogen-bond donors (Lipinski definition) is 1. The van der Waals surface area contributed by atoms with Crippen LogP contribution in [-0.2, 0) is 9.53 Å². The molecule has 0 aromatic rings. The van der Waals surface area contributed by atoms with Crippen LogP contribution in [0, 0.1) is 5.92 Å². The predicted octanol–water partition coefficient (Wildman–Crippen LogP) is 1.22. The van der Waals surface area contributed by atoms with Gasteiger partial charge in [0.2, 0.25) is 0 Å². The molecule has 18 heavy (non-hydrogen) atoms. The van der Waals surface area contributed by atoms with Crippen LogP contribution in [0.15, 0.2) is 0 Å². The molecule has 1 heterocycles. The maximum absolute atomic E-state index is 12.3. The summed E-state index contributed by atoms with van der Waals surface area (Å²) in [6.07, 6.45) is 5.70. The van der Waals surface area contributed by atoms with Crippen molar-refractivity contribution in [3.05, 3.63) is 0 Å². The number of carbonyl (C=O) groups excluding carboxylic acids is 1. The summed E-state index contributed by atoms with van der Waals surface area (Å²) in [6.45, 7) is 3.95. The quantitative estimate of drug-likeness (QED) is 0.820. The molecule has 1 saturated carbocycles. The maximum Gasteiger partial charge on any atom is 0.149 e. The van der Waals surface area contributed by atoms with Crippen molar-refractivity contribution in [3.63, 3.8) is 0 Å². The topological polar surface area (TPSA) is 49.8 Å². The number of ether oxygens (including phenoxy) is 1. The minimum atomic E-state index is -0.125. The van der Waals surface area contributed by atoms with Gasteiger partial charge in [-0.3, -0.25) is 9.69 Å². The van der Waals surface area contributed by atoms with Gasteiger partial charge in [0.15, 0.2) is 0 Å². The fourth-order valence-electron chi connectivity index (χ4n) is 2.96. The Kier molecular flexibility index (Phi) is 5.15. The lowest BCUT2D eigenvalue weighted by atomic mass is 9.86. The third-order valence-electron chi connectivity index (χ3n) is 4.26. The van der Waals surface area contributed by atoms with Crippen LogP contribution < -0.4 is 0 Å². The standard InChI is InChI=1S/C14H25NO3/c1-11-10-18-13(9-16)7-15(11)8-14(17)12-5-3-2-4-6-12/h11-13,16H,2-10H2,1H3. The predicted molar refractivity (Wildman–Crippen MR) is 69.4 cm³/mol. The molecule has 0 aromatic heterocycles. The zero-order valence-corrected chi connectivity index (χ0v) is 11.3. The van der Waals surface area contributed by atoms with Crippen molar-refractivity contribution < 1.29 is 14.6 Å². The molecular weight excluding hydrogens is 230 g/mol. The largest absolute Gasteiger partial charge is 0.394 e. The van der Waals surface area contributed by atoms with Gasteiger partial charge in [-0.15, -0.1) is 0 Å². The van der Waals surface area contributed by atoms with Gasteiger partial charge in [-0.05, 0) is 19.8 Å². The Hall–Kier alpha value is -0.450. The van der Waals surface area contributed by atoms with E-state index in [4.69, 9.17) is 9.84 Å². The van der Waals surface area contributed by atoms with Crippen molar-refractivity contribution in [1.82, 2.24) is 4.90 Å². The summed E-state index contributed by atoms with van der Waals surface area (Å²) in [5, 5.41) is 9.14. The SMILES string of the molecule is CC1COC(CO)CN1CC(=O)C1CCCCC1. The molecule has 2 atom stereocenters. The van der Waals surface area contributed by atoms with E-state index in [1.54, 1.807) is 0 Å². The summed E-state index contributed by atoms with van der Waals surface area (Å²) in [7, 11) is 0. The van der Waals surface area contributed by atoms with Crippen LogP contribution in [0.5, 0.6) is 0 Å². The van der Waals surface area contributed by atoms with Gasteiger partial charge in [0.25, 0.3) is 0 Å². The molecule has 4 nitrogen and oxygen atoms in total. The lowest BCUT2D eigenvalue weighted by Crippen LogP contribution is -2.51. The Morgan fingerprint density at radius 3 is 2.72 bits per heavy atom. The molecule has 4 heteroatoms. The van der Waals surface area contributed by atoms with Gasteiger partial charge in [0.1, 0.15) is 5.78 Å². The molecule has 2 rings (SSSR count). The van der Waals surface area contributed by atoms with Crippen molar-refractivity contribution in [3.8, 4) is 0 Å². The van der Waals surface area contributed by atoms with E-state index in [2.05, 4.69) is 11.8 Å². The third-order valence-corrected chi connectivity index (χ3v) is 4.26. The highest BCUT2D eigenvalue weighted by Gasteiger charge is 2.29. The highest BCUT2D eigenvalue weighted by atomic mass is 16.5. The molecule has 0 amide bonds. The smallest absolute Gasteiger partial charge is 0.149 e. The average molecular weight is 255 g/mol. The van der Waals surface area contributed by atoms with Crippen LogP contribution in [0.3, 0.4) is 0 Å². The van der Waals surface area contributed by atoms with Crippen molar-refractivity contribution in [1.29, 1.82) is 0 Å². The monoisotopic (exact) mass is 255 g/mol. The fraction of sp³-hybridized carbons (Fsp3) is 0.929. The number of ketones is 1. The molecule has 1 saturated heterocycles. The van der Waals surface area contributed by atoms with Crippen LogP contribution in [0.2, 0.25) is 0 Å². The van der Waals surface area contributed by atoms with E-state index in [-0.39, 0.29) is 24.7 Å². The summed E-state index contributed by atoms with van der Waals surface area (Å²) in [6, 6.07) is 0.278. The summed E-state index contributed by atoms with van der Waals surface area (Å²) >= 11 is 0. The second-order valence-electron chi connectivity index (χ2n) is 5.72. The number of nitrogens with zero attached hydrogens (tertiary/aromatic N) is 1. The second-order valence-corrected chi connectivity index (χ2v) is 5.72. The van der Waals surface area contributed by atoms with Gasteiger partial charge in [0, 0.05) is 18.5 Å². The van der Waals surface area contributed by atoms with E-state index < -0.39 is 0 Å². The minimum absolute atomic E-state index is 0.0425. The van der Waals surface area contributed by atoms with E-state index in [9.17, 15) is 4.79 Å². The lowest BCUT2D eigenvalue weighted by Gasteiger charge is -2.37. The zero-order valence-electron chi connectivity index (χ0n) is 11.3. The summed E-state index contributed by atoms with van der Waals surface area (Å²) in [4.78, 5) is 14.4. The Balaban J connectivity index is 1.84. The van der Waals surface area contributed by atoms with Crippen LogP contribution in [0.4, 0.5) is 0 Å². The van der Waals surface area contributed by atoms with Crippen LogP contribution >= 0.6 is 0 Å². The van der Waals surface area contributed by atoms with Gasteiger partial charge in [0.05, 0.1) is 25.9 Å². The zero-order chi connectivity index (χ0) is 13.0. The van der Waals surface area contributed by atoms with E-state index in [0.717, 1.165) is 12.8 Å². The van der Waals surface area contributed by atoms with Gasteiger partial charge < -0.3 is 9.84 Å². The Labute approximate surface area is 109 Å².